The molecule has 0 spiro atoms. The number of hydrogen-bond acceptors (Lipinski definition) is 2. The quantitative estimate of drug-likeness (QED) is 0.826. The fraction of sp³-hybridized carbons (Fsp3) is 0.526. The summed E-state index contributed by atoms with van der Waals surface area (Å²) in [5.74, 6) is 0. The lowest BCUT2D eigenvalue weighted by atomic mass is 9.97. The first-order valence-corrected chi connectivity index (χ1v) is 8.38. The van der Waals surface area contributed by atoms with Crippen LogP contribution in [0, 0.1) is 0 Å². The number of likely N-dealkylation sites (tertiary alicyclic amines) is 1. The van der Waals surface area contributed by atoms with E-state index >= 15 is 0 Å². The summed E-state index contributed by atoms with van der Waals surface area (Å²) in [4.78, 5) is 14.5. The topological polar surface area (TPSA) is 41.6 Å². The van der Waals surface area contributed by atoms with Gasteiger partial charge in [0.25, 0.3) is 0 Å². The molecule has 1 aromatic carbocycles. The van der Waals surface area contributed by atoms with Gasteiger partial charge in [0.05, 0.1) is 5.60 Å². The van der Waals surface area contributed by atoms with Crippen LogP contribution in [0.4, 0.5) is 10.5 Å². The number of carbonyl (C=O) groups is 1. The highest BCUT2D eigenvalue weighted by Crippen LogP contribution is 2.25. The van der Waals surface area contributed by atoms with E-state index in [-0.39, 0.29) is 11.6 Å². The van der Waals surface area contributed by atoms with Gasteiger partial charge in [-0.1, -0.05) is 24.3 Å². The molecule has 1 atom stereocenters. The summed E-state index contributed by atoms with van der Waals surface area (Å²) in [6.07, 6.45) is 6.53. The zero-order valence-electron chi connectivity index (χ0n) is 14.3. The van der Waals surface area contributed by atoms with Crippen molar-refractivity contribution >= 4 is 11.7 Å². The van der Waals surface area contributed by atoms with Gasteiger partial charge in [0.1, 0.15) is 0 Å². The Balaban J connectivity index is 2.00. The molecule has 0 bridgehead atoms. The molecule has 2 amide bonds. The molecule has 0 unspecified atom stereocenters. The Morgan fingerprint density at radius 3 is 2.91 bits per heavy atom. The molecule has 0 aromatic heterocycles. The van der Waals surface area contributed by atoms with Gasteiger partial charge in [-0.05, 0) is 50.7 Å². The van der Waals surface area contributed by atoms with Crippen molar-refractivity contribution in [3.63, 3.8) is 0 Å². The monoisotopic (exact) mass is 316 g/mol. The van der Waals surface area contributed by atoms with Crippen LogP contribution in [-0.2, 0) is 11.2 Å². The predicted molar refractivity (Wildman–Crippen MR) is 94.8 cm³/mol. The molecule has 1 heterocycles. The molecule has 1 saturated heterocycles. The first kappa shape index (κ1) is 17.5. The first-order chi connectivity index (χ1) is 11.1. The summed E-state index contributed by atoms with van der Waals surface area (Å²) in [7, 11) is 1.76. The van der Waals surface area contributed by atoms with E-state index in [0.29, 0.717) is 0 Å². The molecule has 0 saturated carbocycles. The van der Waals surface area contributed by atoms with Crippen molar-refractivity contribution in [2.45, 2.75) is 44.6 Å². The fourth-order valence-corrected chi connectivity index (χ4v) is 2.97. The molecule has 23 heavy (non-hydrogen) atoms. The number of hydrogen-bond donors (Lipinski definition) is 1. The lowest BCUT2D eigenvalue weighted by Gasteiger charge is -2.26. The zero-order chi connectivity index (χ0) is 16.7. The highest BCUT2D eigenvalue weighted by atomic mass is 16.5. The van der Waals surface area contributed by atoms with E-state index in [9.17, 15) is 4.79 Å². The van der Waals surface area contributed by atoms with Crippen molar-refractivity contribution in [3.05, 3.63) is 42.5 Å². The van der Waals surface area contributed by atoms with Gasteiger partial charge in [-0.25, -0.2) is 4.79 Å². The summed E-state index contributed by atoms with van der Waals surface area (Å²) in [6, 6.07) is 7.97. The van der Waals surface area contributed by atoms with Crippen LogP contribution in [0.15, 0.2) is 36.9 Å². The molecule has 0 radical (unpaired) electrons. The van der Waals surface area contributed by atoms with Crippen molar-refractivity contribution in [2.75, 3.05) is 25.5 Å². The van der Waals surface area contributed by atoms with Crippen LogP contribution in [0.5, 0.6) is 0 Å². The Hall–Kier alpha value is -1.81. The summed E-state index contributed by atoms with van der Waals surface area (Å²) < 4.78 is 5.60. The molecule has 1 aromatic rings. The molecule has 1 aliphatic heterocycles. The van der Waals surface area contributed by atoms with E-state index in [1.165, 1.54) is 0 Å². The van der Waals surface area contributed by atoms with Crippen LogP contribution < -0.4 is 5.32 Å². The van der Waals surface area contributed by atoms with Crippen LogP contribution in [0.25, 0.3) is 0 Å². The van der Waals surface area contributed by atoms with Gasteiger partial charge in [0.15, 0.2) is 0 Å². The maximum Gasteiger partial charge on any atom is 0.321 e. The largest absolute Gasteiger partial charge is 0.378 e. The minimum absolute atomic E-state index is 0.0172. The number of para-hydroxylation sites is 1. The molecule has 4 nitrogen and oxygen atoms in total. The number of ether oxygens (including phenoxy) is 1. The first-order valence-electron chi connectivity index (χ1n) is 8.38. The van der Waals surface area contributed by atoms with Crippen molar-refractivity contribution in [1.29, 1.82) is 0 Å². The van der Waals surface area contributed by atoms with Crippen molar-refractivity contribution in [2.24, 2.45) is 0 Å². The van der Waals surface area contributed by atoms with Gasteiger partial charge in [-0.15, -0.1) is 6.58 Å². The Labute approximate surface area is 139 Å². The van der Waals surface area contributed by atoms with Crippen LogP contribution in [0.2, 0.25) is 0 Å². The molecular weight excluding hydrogens is 288 g/mol. The summed E-state index contributed by atoms with van der Waals surface area (Å²) in [5, 5.41) is 3.07. The standard InChI is InChI=1S/C19H28N2O2/c1-4-5-9-16-10-6-7-11-17(16)20-18(22)21-14-8-12-19(2,23-3)13-15-21/h4,6-7,10-11H,1,5,8-9,12-15H2,2-3H3,(H,20,22)/t19-/m1/s1. The van der Waals surface area contributed by atoms with Crippen LogP contribution >= 0.6 is 0 Å². The second-order valence-electron chi connectivity index (χ2n) is 6.41. The number of amides is 2. The van der Waals surface area contributed by atoms with Crippen LogP contribution in [0.1, 0.15) is 38.2 Å². The molecule has 0 aliphatic carbocycles. The lowest BCUT2D eigenvalue weighted by Crippen LogP contribution is -2.37. The Morgan fingerprint density at radius 2 is 2.17 bits per heavy atom. The zero-order valence-corrected chi connectivity index (χ0v) is 14.3. The molecule has 126 valence electrons. The number of anilines is 1. The smallest absolute Gasteiger partial charge is 0.321 e. The molecule has 2 rings (SSSR count). The third-order valence-corrected chi connectivity index (χ3v) is 4.70. The summed E-state index contributed by atoms with van der Waals surface area (Å²) >= 11 is 0. The maximum atomic E-state index is 12.6. The van der Waals surface area contributed by atoms with Gasteiger partial charge in [0.2, 0.25) is 0 Å². The number of methoxy groups -OCH3 is 1. The maximum absolute atomic E-state index is 12.6. The van der Waals surface area contributed by atoms with E-state index < -0.39 is 0 Å². The van der Waals surface area contributed by atoms with Crippen molar-refractivity contribution < 1.29 is 9.53 Å². The van der Waals surface area contributed by atoms with E-state index in [0.717, 1.165) is 56.4 Å². The third-order valence-electron chi connectivity index (χ3n) is 4.70. The average molecular weight is 316 g/mol. The fourth-order valence-electron chi connectivity index (χ4n) is 2.97. The van der Waals surface area contributed by atoms with Gasteiger partial charge in [-0.3, -0.25) is 0 Å². The van der Waals surface area contributed by atoms with E-state index in [1.54, 1.807) is 7.11 Å². The van der Waals surface area contributed by atoms with Crippen molar-refractivity contribution in [3.8, 4) is 0 Å². The number of nitrogens with zero attached hydrogens (tertiary/aromatic N) is 1. The Kier molecular flexibility index (Phi) is 6.22. The minimum Gasteiger partial charge on any atom is -0.378 e. The van der Waals surface area contributed by atoms with E-state index in [4.69, 9.17) is 4.74 Å². The third kappa shape index (κ3) is 4.83. The number of benzene rings is 1. The Morgan fingerprint density at radius 1 is 1.39 bits per heavy atom. The Bertz CT molecular complexity index is 544. The second-order valence-corrected chi connectivity index (χ2v) is 6.41. The number of nitrogens with one attached hydrogen (secondary N) is 1. The number of aryl methyl sites for hydroxylation is 1. The lowest BCUT2D eigenvalue weighted by molar-refractivity contribution is -0.00491. The molecular formula is C19H28N2O2. The van der Waals surface area contributed by atoms with E-state index in [1.807, 2.05) is 29.2 Å². The van der Waals surface area contributed by atoms with Gasteiger partial charge >= 0.3 is 6.03 Å². The SMILES string of the molecule is C=CCCc1ccccc1NC(=O)N1CCC[C@@](C)(OC)CC1. The molecule has 1 fully saturated rings. The summed E-state index contributed by atoms with van der Waals surface area (Å²) in [5.41, 5.74) is 1.94. The minimum atomic E-state index is -0.114. The highest BCUT2D eigenvalue weighted by Gasteiger charge is 2.29. The van der Waals surface area contributed by atoms with Crippen molar-refractivity contribution in [1.82, 2.24) is 4.90 Å². The molecule has 4 heteroatoms. The number of carbonyl (C=O) groups excluding carboxylic acids is 1. The van der Waals surface area contributed by atoms with Gasteiger partial charge in [-0.2, -0.15) is 0 Å². The molecule has 1 aliphatic rings. The van der Waals surface area contributed by atoms with Gasteiger partial charge < -0.3 is 15.0 Å². The normalized spacial score (nSPS) is 21.6. The van der Waals surface area contributed by atoms with Crippen LogP contribution in [-0.4, -0.2) is 36.7 Å². The predicted octanol–water partition coefficient (Wildman–Crippen LogP) is 4.23. The second kappa shape index (κ2) is 8.16. The van der Waals surface area contributed by atoms with E-state index in [2.05, 4.69) is 24.9 Å². The summed E-state index contributed by atoms with van der Waals surface area (Å²) in [6.45, 7) is 7.39. The highest BCUT2D eigenvalue weighted by molar-refractivity contribution is 5.90. The van der Waals surface area contributed by atoms with Gasteiger partial charge in [0, 0.05) is 25.9 Å². The average Bonchev–Trinajstić information content (AvgIpc) is 2.76. The van der Waals surface area contributed by atoms with Crippen LogP contribution in [0.3, 0.4) is 0 Å². The number of allylic oxidation sites excluding steroid dienone is 1. The molecule has 1 N–H and O–H groups in total. The number of urea groups is 1. The number of rotatable bonds is 5.